The SMILES string of the molecule is C=CCP(=O)(O)[CH]CCCC. The number of hydrogen-bond acceptors (Lipinski definition) is 1. The van der Waals surface area contributed by atoms with Crippen LogP contribution in [-0.2, 0) is 4.57 Å². The van der Waals surface area contributed by atoms with Crippen molar-refractivity contribution in [1.29, 1.82) is 0 Å². The zero-order chi connectivity index (χ0) is 8.74. The Morgan fingerprint density at radius 1 is 1.64 bits per heavy atom. The highest BCUT2D eigenvalue weighted by Crippen LogP contribution is 2.45. The molecule has 0 rings (SSSR count). The van der Waals surface area contributed by atoms with Gasteiger partial charge in [0, 0.05) is 12.3 Å². The lowest BCUT2D eigenvalue weighted by atomic mass is 10.3. The molecule has 1 radical (unpaired) electrons. The molecular weight excluding hydrogens is 159 g/mol. The number of unbranched alkanes of at least 4 members (excludes halogenated alkanes) is 2. The molecule has 0 aromatic rings. The molecular formula is C8H16O2P. The highest BCUT2D eigenvalue weighted by molar-refractivity contribution is 7.60. The first-order chi connectivity index (χ1) is 5.12. The van der Waals surface area contributed by atoms with Gasteiger partial charge in [0.2, 0.25) is 7.37 Å². The fraction of sp³-hybridized carbons (Fsp3) is 0.625. The summed E-state index contributed by atoms with van der Waals surface area (Å²) in [6.07, 6.45) is 6.00. The van der Waals surface area contributed by atoms with Gasteiger partial charge in [-0.3, -0.25) is 4.57 Å². The smallest absolute Gasteiger partial charge is 0.208 e. The molecule has 3 heteroatoms. The summed E-state index contributed by atoms with van der Waals surface area (Å²) in [6.45, 7) is 5.48. The molecule has 0 aromatic heterocycles. The summed E-state index contributed by atoms with van der Waals surface area (Å²) in [5.74, 6) is 0. The van der Waals surface area contributed by atoms with Crippen molar-refractivity contribution in [3.05, 3.63) is 18.8 Å². The Balaban J connectivity index is 3.55. The van der Waals surface area contributed by atoms with Crippen molar-refractivity contribution < 1.29 is 9.46 Å². The summed E-state index contributed by atoms with van der Waals surface area (Å²) in [5.41, 5.74) is 0. The third-order valence-electron chi connectivity index (χ3n) is 1.36. The summed E-state index contributed by atoms with van der Waals surface area (Å²) in [5, 5.41) is 0. The first-order valence-corrected chi connectivity index (χ1v) is 5.80. The third kappa shape index (κ3) is 6.33. The van der Waals surface area contributed by atoms with E-state index in [1.54, 1.807) is 0 Å². The van der Waals surface area contributed by atoms with Crippen LogP contribution in [0.15, 0.2) is 12.7 Å². The molecule has 0 saturated carbocycles. The van der Waals surface area contributed by atoms with Gasteiger partial charge in [0.25, 0.3) is 0 Å². The maximum Gasteiger partial charge on any atom is 0.208 e. The van der Waals surface area contributed by atoms with Crippen molar-refractivity contribution in [1.82, 2.24) is 0 Å². The van der Waals surface area contributed by atoms with E-state index in [9.17, 15) is 4.57 Å². The second-order valence-corrected chi connectivity index (χ2v) is 4.79. The number of hydrogen-bond donors (Lipinski definition) is 1. The van der Waals surface area contributed by atoms with E-state index in [-0.39, 0.29) is 6.16 Å². The Morgan fingerprint density at radius 3 is 2.73 bits per heavy atom. The van der Waals surface area contributed by atoms with Crippen LogP contribution in [0.1, 0.15) is 26.2 Å². The minimum Gasteiger partial charge on any atom is -0.344 e. The van der Waals surface area contributed by atoms with Crippen LogP contribution in [0.25, 0.3) is 0 Å². The summed E-state index contributed by atoms with van der Waals surface area (Å²) >= 11 is 0. The van der Waals surface area contributed by atoms with Crippen LogP contribution < -0.4 is 0 Å². The van der Waals surface area contributed by atoms with Gasteiger partial charge >= 0.3 is 0 Å². The Bertz CT molecular complexity index is 154. The van der Waals surface area contributed by atoms with Crippen LogP contribution in [0.2, 0.25) is 0 Å². The molecule has 1 atom stereocenters. The minimum atomic E-state index is -2.97. The zero-order valence-electron chi connectivity index (χ0n) is 6.99. The Morgan fingerprint density at radius 2 is 2.27 bits per heavy atom. The molecule has 0 amide bonds. The van der Waals surface area contributed by atoms with Gasteiger partial charge in [-0.25, -0.2) is 0 Å². The van der Waals surface area contributed by atoms with Crippen LogP contribution in [0.3, 0.4) is 0 Å². The summed E-state index contributed by atoms with van der Waals surface area (Å²) in [6, 6.07) is 0. The van der Waals surface area contributed by atoms with E-state index in [0.29, 0.717) is 0 Å². The topological polar surface area (TPSA) is 37.3 Å². The molecule has 0 aliphatic rings. The molecule has 0 spiro atoms. The van der Waals surface area contributed by atoms with E-state index >= 15 is 0 Å². The minimum absolute atomic E-state index is 0.205. The van der Waals surface area contributed by atoms with E-state index in [1.165, 1.54) is 12.2 Å². The Hall–Kier alpha value is -0.0700. The summed E-state index contributed by atoms with van der Waals surface area (Å²) in [4.78, 5) is 9.17. The lowest BCUT2D eigenvalue weighted by Gasteiger charge is -2.06. The Labute approximate surface area is 68.8 Å². The first-order valence-electron chi connectivity index (χ1n) is 3.89. The Kier molecular flexibility index (Phi) is 5.53. The predicted octanol–water partition coefficient (Wildman–Crippen LogP) is 2.79. The molecule has 1 N–H and O–H groups in total. The molecule has 0 saturated heterocycles. The second kappa shape index (κ2) is 5.56. The summed E-state index contributed by atoms with van der Waals surface area (Å²) < 4.78 is 11.1. The van der Waals surface area contributed by atoms with Crippen molar-refractivity contribution in [2.45, 2.75) is 26.2 Å². The average molecular weight is 175 g/mol. The van der Waals surface area contributed by atoms with Gasteiger partial charge in [-0.05, 0) is 6.42 Å². The average Bonchev–Trinajstić information content (AvgIpc) is 1.87. The number of allylic oxidation sites excluding steroid dienone is 1. The molecule has 0 aliphatic carbocycles. The quantitative estimate of drug-likeness (QED) is 0.383. The fourth-order valence-electron chi connectivity index (χ4n) is 0.757. The van der Waals surface area contributed by atoms with Crippen molar-refractivity contribution in [2.75, 3.05) is 6.16 Å². The van der Waals surface area contributed by atoms with Crippen molar-refractivity contribution in [2.24, 2.45) is 0 Å². The standard InChI is InChI=1S/C8H16O2P/c1-3-5-6-8-11(9,10)7-4-2/h4,8H,2-3,5-7H2,1H3,(H,9,10). The van der Waals surface area contributed by atoms with E-state index in [1.807, 2.05) is 0 Å². The molecule has 1 unspecified atom stereocenters. The zero-order valence-corrected chi connectivity index (χ0v) is 7.89. The maximum absolute atomic E-state index is 11.1. The normalized spacial score (nSPS) is 15.8. The van der Waals surface area contributed by atoms with E-state index in [0.717, 1.165) is 19.3 Å². The molecule has 0 heterocycles. The maximum atomic E-state index is 11.1. The molecule has 0 aromatic carbocycles. The van der Waals surface area contributed by atoms with Gasteiger partial charge in [-0.15, -0.1) is 6.58 Å². The monoisotopic (exact) mass is 175 g/mol. The van der Waals surface area contributed by atoms with E-state index < -0.39 is 7.37 Å². The fourth-order valence-corrected chi connectivity index (χ4v) is 1.86. The molecule has 2 nitrogen and oxygen atoms in total. The van der Waals surface area contributed by atoms with Gasteiger partial charge in [0.1, 0.15) is 0 Å². The second-order valence-electron chi connectivity index (χ2n) is 2.55. The largest absolute Gasteiger partial charge is 0.344 e. The predicted molar refractivity (Wildman–Crippen MR) is 48.7 cm³/mol. The van der Waals surface area contributed by atoms with Gasteiger partial charge in [0.05, 0.1) is 0 Å². The van der Waals surface area contributed by atoms with Crippen LogP contribution >= 0.6 is 7.37 Å². The van der Waals surface area contributed by atoms with Crippen molar-refractivity contribution >= 4 is 7.37 Å². The van der Waals surface area contributed by atoms with Gasteiger partial charge < -0.3 is 4.89 Å². The lowest BCUT2D eigenvalue weighted by Crippen LogP contribution is -1.86. The highest BCUT2D eigenvalue weighted by atomic mass is 31.2. The van der Waals surface area contributed by atoms with Crippen LogP contribution in [0.5, 0.6) is 0 Å². The van der Waals surface area contributed by atoms with Crippen LogP contribution in [0.4, 0.5) is 0 Å². The van der Waals surface area contributed by atoms with Crippen LogP contribution in [0, 0.1) is 6.16 Å². The molecule has 11 heavy (non-hydrogen) atoms. The van der Waals surface area contributed by atoms with Crippen LogP contribution in [-0.4, -0.2) is 11.1 Å². The van der Waals surface area contributed by atoms with Crippen molar-refractivity contribution in [3.63, 3.8) is 0 Å². The van der Waals surface area contributed by atoms with Gasteiger partial charge in [-0.2, -0.15) is 0 Å². The summed E-state index contributed by atoms with van der Waals surface area (Å²) in [7, 11) is -2.97. The van der Waals surface area contributed by atoms with Gasteiger partial charge in [0.15, 0.2) is 0 Å². The molecule has 65 valence electrons. The molecule has 0 fully saturated rings. The third-order valence-corrected chi connectivity index (χ3v) is 2.97. The highest BCUT2D eigenvalue weighted by Gasteiger charge is 2.14. The van der Waals surface area contributed by atoms with Crippen molar-refractivity contribution in [3.8, 4) is 0 Å². The lowest BCUT2D eigenvalue weighted by molar-refractivity contribution is 0.485. The molecule has 0 bridgehead atoms. The molecule has 0 aliphatic heterocycles. The van der Waals surface area contributed by atoms with E-state index in [2.05, 4.69) is 13.5 Å². The van der Waals surface area contributed by atoms with E-state index in [4.69, 9.17) is 4.89 Å². The first kappa shape index (κ1) is 10.9. The van der Waals surface area contributed by atoms with Gasteiger partial charge in [-0.1, -0.05) is 25.8 Å². The number of rotatable bonds is 6.